The van der Waals surface area contributed by atoms with Gasteiger partial charge in [-0.3, -0.25) is 20.0 Å². The Morgan fingerprint density at radius 3 is 2.79 bits per heavy atom. The van der Waals surface area contributed by atoms with Gasteiger partial charge in [0, 0.05) is 22.6 Å². The van der Waals surface area contributed by atoms with E-state index in [2.05, 4.69) is 22.7 Å². The van der Waals surface area contributed by atoms with Crippen molar-refractivity contribution < 1.29 is 14.7 Å². The molecule has 2 heterocycles. The highest BCUT2D eigenvalue weighted by Crippen LogP contribution is 2.38. The molecule has 0 radical (unpaired) electrons. The van der Waals surface area contributed by atoms with Crippen molar-refractivity contribution in [3.05, 3.63) is 59.5 Å². The Morgan fingerprint density at radius 1 is 1.17 bits per heavy atom. The molecular weight excluding hydrogens is 388 g/mol. The molecule has 1 atom stereocenters. The highest BCUT2D eigenvalue weighted by atomic mass is 32.2. The number of ketones is 2. The third-order valence-electron chi connectivity index (χ3n) is 4.88. The first-order chi connectivity index (χ1) is 14.1. The lowest BCUT2D eigenvalue weighted by Crippen LogP contribution is -2.55. The monoisotopic (exact) mass is 410 g/mol. The average molecular weight is 410 g/mol. The summed E-state index contributed by atoms with van der Waals surface area (Å²) < 4.78 is 0. The Labute approximate surface area is 173 Å². The molecule has 8 heteroatoms. The van der Waals surface area contributed by atoms with Crippen molar-refractivity contribution in [3.8, 4) is 0 Å². The number of benzene rings is 1. The van der Waals surface area contributed by atoms with E-state index >= 15 is 0 Å². The van der Waals surface area contributed by atoms with E-state index < -0.39 is 17.7 Å². The number of anilines is 1. The molecule has 7 nitrogen and oxygen atoms in total. The topological polar surface area (TPSA) is 94.0 Å². The van der Waals surface area contributed by atoms with Gasteiger partial charge in [0.1, 0.15) is 11.9 Å². The maximum atomic E-state index is 12.0. The molecule has 150 valence electrons. The Kier molecular flexibility index (Phi) is 5.44. The molecule has 29 heavy (non-hydrogen) atoms. The number of para-hydroxylation sites is 1. The zero-order valence-electron chi connectivity index (χ0n) is 16.0. The largest absolute Gasteiger partial charge is 0.492 e. The molecule has 0 bridgehead atoms. The second-order valence-corrected chi connectivity index (χ2v) is 8.01. The number of hydrogen-bond donors (Lipinski definition) is 3. The quantitative estimate of drug-likeness (QED) is 0.389. The van der Waals surface area contributed by atoms with Crippen molar-refractivity contribution in [2.45, 2.75) is 32.4 Å². The molecule has 1 aromatic rings. The van der Waals surface area contributed by atoms with Gasteiger partial charge in [-0.2, -0.15) is 4.99 Å². The van der Waals surface area contributed by atoms with Crippen LogP contribution in [-0.4, -0.2) is 38.8 Å². The fraction of sp³-hybridized carbons (Fsp3) is 0.286. The zero-order valence-corrected chi connectivity index (χ0v) is 16.8. The minimum atomic E-state index is -0.558. The van der Waals surface area contributed by atoms with E-state index in [1.54, 1.807) is 22.8 Å². The van der Waals surface area contributed by atoms with E-state index in [0.29, 0.717) is 16.4 Å². The van der Waals surface area contributed by atoms with Gasteiger partial charge in [0.2, 0.25) is 17.4 Å². The molecule has 0 aromatic heterocycles. The van der Waals surface area contributed by atoms with Crippen molar-refractivity contribution in [1.82, 2.24) is 10.4 Å². The van der Waals surface area contributed by atoms with Crippen LogP contribution in [0.4, 0.5) is 5.69 Å². The molecule has 3 N–H and O–H groups in total. The predicted molar refractivity (Wildman–Crippen MR) is 115 cm³/mol. The van der Waals surface area contributed by atoms with Crippen LogP contribution in [0, 0.1) is 0 Å². The molecule has 2 aliphatic heterocycles. The number of unbranched alkanes of at least 4 members (excludes halogenated alkanes) is 2. The summed E-state index contributed by atoms with van der Waals surface area (Å²) in [6, 6.07) is 7.58. The molecule has 1 aromatic carbocycles. The molecule has 0 amide bonds. The van der Waals surface area contributed by atoms with Crippen molar-refractivity contribution in [2.75, 3.05) is 11.1 Å². The smallest absolute Gasteiger partial charge is 0.240 e. The lowest BCUT2D eigenvalue weighted by molar-refractivity contribution is -0.131. The number of nitrogens with zero attached hydrogens (tertiary/aromatic N) is 2. The molecule has 0 fully saturated rings. The number of thioether (sulfide) groups is 1. The number of allylic oxidation sites excluding steroid dienone is 2. The van der Waals surface area contributed by atoms with Gasteiger partial charge in [-0.25, -0.2) is 0 Å². The highest BCUT2D eigenvalue weighted by Gasteiger charge is 2.37. The van der Waals surface area contributed by atoms with Crippen molar-refractivity contribution in [3.63, 3.8) is 0 Å². The number of carbonyl (C=O) groups is 2. The number of aliphatic hydroxyl groups excluding tert-OH is 1. The summed E-state index contributed by atoms with van der Waals surface area (Å²) in [4.78, 5) is 27.9. The van der Waals surface area contributed by atoms with Crippen molar-refractivity contribution in [2.24, 2.45) is 4.99 Å². The van der Waals surface area contributed by atoms with Crippen molar-refractivity contribution in [1.29, 1.82) is 0 Å². The molecule has 4 rings (SSSR count). The van der Waals surface area contributed by atoms with Crippen LogP contribution in [0.3, 0.4) is 0 Å². The minimum Gasteiger partial charge on any atom is -0.492 e. The van der Waals surface area contributed by atoms with Crippen LogP contribution in [0.5, 0.6) is 0 Å². The Bertz CT molecular complexity index is 980. The maximum absolute atomic E-state index is 12.0. The molecule has 0 spiro atoms. The summed E-state index contributed by atoms with van der Waals surface area (Å²) in [6.07, 6.45) is 7.10. The van der Waals surface area contributed by atoms with Gasteiger partial charge in [-0.15, -0.1) is 0 Å². The summed E-state index contributed by atoms with van der Waals surface area (Å²) in [5.74, 6) is -0.287. The fourth-order valence-corrected chi connectivity index (χ4v) is 4.28. The average Bonchev–Trinajstić information content (AvgIpc) is 2.72. The molecule has 0 unspecified atom stereocenters. The standard InChI is InChI=1S/C21H22N4O3S/c1-2-3-6-11-29-21-23-20(28)18-14-7-4-5-8-15(14)22-19(25(18)24-21)13-9-10-16(26)17(27)12-13/h4-5,7-10,12,19,22,28H,2-3,6,11H2,1H3,(H,23,24)/t19-/m1/s1. The van der Waals surface area contributed by atoms with Gasteiger partial charge in [-0.05, 0) is 24.6 Å². The first-order valence-electron chi connectivity index (χ1n) is 9.63. The number of aliphatic hydroxyl groups is 1. The first-order valence-corrected chi connectivity index (χ1v) is 10.6. The first kappa shape index (κ1) is 19.3. The number of hydrazine groups is 1. The molecule has 1 aliphatic carbocycles. The minimum absolute atomic E-state index is 0.0801. The van der Waals surface area contributed by atoms with Crippen LogP contribution < -0.4 is 10.7 Å². The summed E-state index contributed by atoms with van der Waals surface area (Å²) in [5, 5.41) is 16.5. The van der Waals surface area contributed by atoms with E-state index in [1.807, 2.05) is 24.3 Å². The lowest BCUT2D eigenvalue weighted by Gasteiger charge is -2.43. The van der Waals surface area contributed by atoms with Gasteiger partial charge >= 0.3 is 0 Å². The molecule has 3 aliphatic rings. The second kappa shape index (κ2) is 8.16. The van der Waals surface area contributed by atoms with Crippen molar-refractivity contribution >= 4 is 39.9 Å². The summed E-state index contributed by atoms with van der Waals surface area (Å²) in [7, 11) is 0. The van der Waals surface area contributed by atoms with Gasteiger partial charge in [-0.1, -0.05) is 55.8 Å². The maximum Gasteiger partial charge on any atom is 0.240 e. The predicted octanol–water partition coefficient (Wildman–Crippen LogP) is 3.36. The number of nitrogens with one attached hydrogen (secondary N) is 2. The van der Waals surface area contributed by atoms with Crippen LogP contribution >= 0.6 is 11.8 Å². The van der Waals surface area contributed by atoms with Crippen LogP contribution in [0.2, 0.25) is 0 Å². The van der Waals surface area contributed by atoms with Gasteiger partial charge in [0.05, 0.1) is 0 Å². The Morgan fingerprint density at radius 2 is 2.00 bits per heavy atom. The number of hydrogen-bond acceptors (Lipinski definition) is 8. The summed E-state index contributed by atoms with van der Waals surface area (Å²) in [5.41, 5.74) is 6.04. The number of fused-ring (bicyclic) bond motifs is 3. The molecule has 0 saturated heterocycles. The van der Waals surface area contributed by atoms with E-state index in [4.69, 9.17) is 0 Å². The number of amidine groups is 1. The van der Waals surface area contributed by atoms with Gasteiger partial charge in [0.15, 0.2) is 5.17 Å². The van der Waals surface area contributed by atoms with Crippen LogP contribution in [0.25, 0.3) is 5.70 Å². The van der Waals surface area contributed by atoms with Crippen LogP contribution in [0.15, 0.2) is 58.9 Å². The van der Waals surface area contributed by atoms with Crippen LogP contribution in [0.1, 0.15) is 31.7 Å². The Balaban J connectivity index is 1.70. The van der Waals surface area contributed by atoms with E-state index in [-0.39, 0.29) is 5.88 Å². The number of aliphatic imine (C=N–C) groups is 1. The number of rotatable bonds is 5. The highest BCUT2D eigenvalue weighted by molar-refractivity contribution is 8.13. The Hall–Kier alpha value is -3.00. The van der Waals surface area contributed by atoms with Crippen LogP contribution in [-0.2, 0) is 9.59 Å². The molecular formula is C21H22N4O3S. The summed E-state index contributed by atoms with van der Waals surface area (Å²) >= 11 is 1.54. The summed E-state index contributed by atoms with van der Waals surface area (Å²) in [6.45, 7) is 2.15. The van der Waals surface area contributed by atoms with E-state index in [0.717, 1.165) is 36.3 Å². The second-order valence-electron chi connectivity index (χ2n) is 6.93. The zero-order chi connectivity index (χ0) is 20.4. The van der Waals surface area contributed by atoms with E-state index in [1.165, 1.54) is 12.2 Å². The van der Waals surface area contributed by atoms with Gasteiger partial charge < -0.3 is 10.4 Å². The lowest BCUT2D eigenvalue weighted by atomic mass is 9.98. The SMILES string of the molecule is CCCCCSC1=NC(O)=C2c3ccccc3N[C@@H](C3=CC(=O)C(=O)C=C3)N2N1. The third-order valence-corrected chi connectivity index (χ3v) is 5.83. The molecule has 0 saturated carbocycles. The normalized spacial score (nSPS) is 20.4. The number of carbonyl (C=O) groups excluding carboxylic acids is 2. The van der Waals surface area contributed by atoms with E-state index in [9.17, 15) is 14.7 Å². The third kappa shape index (κ3) is 3.80. The van der Waals surface area contributed by atoms with Gasteiger partial charge in [0.25, 0.3) is 0 Å². The fourth-order valence-electron chi connectivity index (χ4n) is 3.42.